The van der Waals surface area contributed by atoms with Gasteiger partial charge in [-0.05, 0) is 54.7 Å². The zero-order chi connectivity index (χ0) is 27.6. The lowest BCUT2D eigenvalue weighted by Gasteiger charge is -2.28. The molecule has 3 amide bonds. The largest absolute Gasteiger partial charge is 0.508 e. The first-order valence-electron chi connectivity index (χ1n) is 12.4. The van der Waals surface area contributed by atoms with Gasteiger partial charge < -0.3 is 31.9 Å². The van der Waals surface area contributed by atoms with Crippen molar-refractivity contribution >= 4 is 23.7 Å². The second-order valence-electron chi connectivity index (χ2n) is 10.4. The highest BCUT2D eigenvalue weighted by atomic mass is 16.4. The lowest BCUT2D eigenvalue weighted by molar-refractivity contribution is -0.143. The maximum Gasteiger partial charge on any atom is 0.326 e. The van der Waals surface area contributed by atoms with Crippen LogP contribution < -0.4 is 21.7 Å². The Hall–Kier alpha value is -3.14. The maximum absolute atomic E-state index is 13.1. The molecule has 36 heavy (non-hydrogen) atoms. The summed E-state index contributed by atoms with van der Waals surface area (Å²) in [5.41, 5.74) is 6.80. The van der Waals surface area contributed by atoms with Crippen molar-refractivity contribution in [3.63, 3.8) is 0 Å². The molecule has 0 saturated heterocycles. The fourth-order valence-corrected chi connectivity index (χ4v) is 3.70. The standard InChI is InChI=1S/C26H42N4O6/c1-14(2)11-20(24(33)29-21(26(35)36)12-15(3)4)28-25(34)22(16(5)6)30-23(32)19(27)13-17-7-9-18(31)10-8-17/h7-10,14-16,19-22,31H,11-13,27H2,1-6H3,(H,28,34)(H,29,33)(H,30,32)(H,35,36)/t19-,20-,21-,22-/m0/s1. The van der Waals surface area contributed by atoms with Crippen LogP contribution in [0.1, 0.15) is 59.9 Å². The van der Waals surface area contributed by atoms with Crippen LogP contribution in [0.15, 0.2) is 24.3 Å². The number of phenols is 1. The molecule has 0 bridgehead atoms. The van der Waals surface area contributed by atoms with Crippen LogP contribution in [0.2, 0.25) is 0 Å². The van der Waals surface area contributed by atoms with Crippen molar-refractivity contribution < 1.29 is 29.4 Å². The van der Waals surface area contributed by atoms with E-state index < -0.39 is 47.9 Å². The number of aromatic hydroxyl groups is 1. The highest BCUT2D eigenvalue weighted by Gasteiger charge is 2.32. The maximum atomic E-state index is 13.1. The Morgan fingerprint density at radius 3 is 1.75 bits per heavy atom. The fraction of sp³-hybridized carbons (Fsp3) is 0.615. The van der Waals surface area contributed by atoms with E-state index >= 15 is 0 Å². The number of nitrogens with two attached hydrogens (primary N) is 1. The van der Waals surface area contributed by atoms with Gasteiger partial charge in [0.05, 0.1) is 6.04 Å². The summed E-state index contributed by atoms with van der Waals surface area (Å²) in [7, 11) is 0. The van der Waals surface area contributed by atoms with Crippen molar-refractivity contribution in [3.05, 3.63) is 29.8 Å². The number of hydrogen-bond donors (Lipinski definition) is 6. The smallest absolute Gasteiger partial charge is 0.326 e. The van der Waals surface area contributed by atoms with Crippen molar-refractivity contribution in [3.8, 4) is 5.75 Å². The number of carboxylic acid groups (broad SMARTS) is 1. The molecule has 0 saturated carbocycles. The van der Waals surface area contributed by atoms with Crippen LogP contribution in [0.3, 0.4) is 0 Å². The molecule has 0 spiro atoms. The van der Waals surface area contributed by atoms with Gasteiger partial charge in [0.2, 0.25) is 17.7 Å². The zero-order valence-electron chi connectivity index (χ0n) is 22.1. The van der Waals surface area contributed by atoms with Crippen molar-refractivity contribution in [1.29, 1.82) is 0 Å². The molecule has 202 valence electrons. The van der Waals surface area contributed by atoms with Crippen molar-refractivity contribution in [1.82, 2.24) is 16.0 Å². The zero-order valence-corrected chi connectivity index (χ0v) is 22.1. The minimum Gasteiger partial charge on any atom is -0.508 e. The molecule has 0 heterocycles. The van der Waals surface area contributed by atoms with E-state index in [2.05, 4.69) is 16.0 Å². The van der Waals surface area contributed by atoms with E-state index in [1.807, 2.05) is 27.7 Å². The molecule has 4 atom stereocenters. The average molecular weight is 507 g/mol. The van der Waals surface area contributed by atoms with Crippen LogP contribution in [0.5, 0.6) is 5.75 Å². The second-order valence-corrected chi connectivity index (χ2v) is 10.4. The van der Waals surface area contributed by atoms with E-state index in [1.165, 1.54) is 12.1 Å². The van der Waals surface area contributed by atoms with E-state index in [1.54, 1.807) is 26.0 Å². The number of phenolic OH excluding ortho intramolecular Hbond substituents is 1. The third-order valence-electron chi connectivity index (χ3n) is 5.64. The first-order chi connectivity index (χ1) is 16.7. The van der Waals surface area contributed by atoms with E-state index in [-0.39, 0.29) is 36.3 Å². The Balaban J connectivity index is 2.92. The summed E-state index contributed by atoms with van der Waals surface area (Å²) >= 11 is 0. The lowest BCUT2D eigenvalue weighted by atomic mass is 9.98. The number of aliphatic carboxylic acids is 1. The van der Waals surface area contributed by atoms with Crippen LogP contribution in [-0.2, 0) is 25.6 Å². The molecule has 0 aliphatic carbocycles. The van der Waals surface area contributed by atoms with Gasteiger partial charge >= 0.3 is 5.97 Å². The van der Waals surface area contributed by atoms with Crippen molar-refractivity contribution in [2.75, 3.05) is 0 Å². The number of amides is 3. The van der Waals surface area contributed by atoms with Gasteiger partial charge in [0.1, 0.15) is 23.9 Å². The lowest BCUT2D eigenvalue weighted by Crippen LogP contribution is -2.58. The molecule has 1 rings (SSSR count). The molecule has 0 radical (unpaired) electrons. The van der Waals surface area contributed by atoms with Gasteiger partial charge in [-0.1, -0.05) is 53.7 Å². The van der Waals surface area contributed by atoms with Crippen LogP contribution in [0, 0.1) is 17.8 Å². The summed E-state index contributed by atoms with van der Waals surface area (Å²) < 4.78 is 0. The van der Waals surface area contributed by atoms with Gasteiger partial charge in [-0.25, -0.2) is 4.79 Å². The minimum atomic E-state index is -1.14. The van der Waals surface area contributed by atoms with E-state index in [0.29, 0.717) is 6.42 Å². The summed E-state index contributed by atoms with van der Waals surface area (Å²) in [5, 5.41) is 26.8. The Morgan fingerprint density at radius 2 is 1.28 bits per heavy atom. The van der Waals surface area contributed by atoms with E-state index in [4.69, 9.17) is 5.73 Å². The molecule has 1 aromatic rings. The number of carboxylic acids is 1. The number of carbonyl (C=O) groups is 4. The summed E-state index contributed by atoms with van der Waals surface area (Å²) in [6, 6.07) is 2.42. The third-order valence-corrected chi connectivity index (χ3v) is 5.64. The summed E-state index contributed by atoms with van der Waals surface area (Å²) in [4.78, 5) is 50.4. The molecule has 0 aromatic heterocycles. The van der Waals surface area contributed by atoms with Gasteiger partial charge in [0.25, 0.3) is 0 Å². The number of nitrogens with one attached hydrogen (secondary N) is 3. The fourth-order valence-electron chi connectivity index (χ4n) is 3.70. The first-order valence-corrected chi connectivity index (χ1v) is 12.4. The molecule has 0 aliphatic rings. The minimum absolute atomic E-state index is 0.0419. The van der Waals surface area contributed by atoms with Crippen LogP contribution in [0.4, 0.5) is 0 Å². The van der Waals surface area contributed by atoms with E-state index in [0.717, 1.165) is 5.56 Å². The topological polar surface area (TPSA) is 171 Å². The molecular formula is C26H42N4O6. The number of rotatable bonds is 14. The molecule has 0 unspecified atom stereocenters. The van der Waals surface area contributed by atoms with E-state index in [9.17, 15) is 29.4 Å². The highest BCUT2D eigenvalue weighted by molar-refractivity contribution is 5.94. The average Bonchev–Trinajstić information content (AvgIpc) is 2.76. The highest BCUT2D eigenvalue weighted by Crippen LogP contribution is 2.13. The predicted molar refractivity (Wildman–Crippen MR) is 137 cm³/mol. The van der Waals surface area contributed by atoms with Crippen LogP contribution in [0.25, 0.3) is 0 Å². The van der Waals surface area contributed by atoms with Gasteiger partial charge in [0.15, 0.2) is 0 Å². The Labute approximate surface area is 213 Å². The number of hydrogen-bond acceptors (Lipinski definition) is 6. The molecule has 7 N–H and O–H groups in total. The molecule has 10 nitrogen and oxygen atoms in total. The van der Waals surface area contributed by atoms with Crippen molar-refractivity contribution in [2.24, 2.45) is 23.5 Å². The number of carbonyl (C=O) groups excluding carboxylic acids is 3. The quantitative estimate of drug-likeness (QED) is 0.222. The Morgan fingerprint density at radius 1 is 0.778 bits per heavy atom. The van der Waals surface area contributed by atoms with Gasteiger partial charge in [-0.3, -0.25) is 14.4 Å². The van der Waals surface area contributed by atoms with Gasteiger partial charge in [0, 0.05) is 0 Å². The predicted octanol–water partition coefficient (Wildman–Crippen LogP) is 1.55. The molecule has 0 fully saturated rings. The van der Waals surface area contributed by atoms with Gasteiger partial charge in [-0.15, -0.1) is 0 Å². The first kappa shape index (κ1) is 30.9. The van der Waals surface area contributed by atoms with Crippen molar-refractivity contribution in [2.45, 2.75) is 85.0 Å². The summed E-state index contributed by atoms with van der Waals surface area (Å²) in [6.45, 7) is 11.0. The molecule has 10 heteroatoms. The third kappa shape index (κ3) is 10.6. The normalized spacial score (nSPS) is 14.7. The molecule has 0 aliphatic heterocycles. The Kier molecular flexibility index (Phi) is 12.4. The summed E-state index contributed by atoms with van der Waals surface area (Å²) in [5.74, 6) is -2.89. The van der Waals surface area contributed by atoms with Crippen LogP contribution in [-0.4, -0.2) is 58.1 Å². The summed E-state index contributed by atoms with van der Waals surface area (Å²) in [6.07, 6.45) is 0.765. The molecule has 1 aromatic carbocycles. The second kappa shape index (κ2) is 14.4. The van der Waals surface area contributed by atoms with Gasteiger partial charge in [-0.2, -0.15) is 0 Å². The monoisotopic (exact) mass is 506 g/mol. The SMILES string of the molecule is CC(C)C[C@H](NC(=O)[C@H](CC(C)C)NC(=O)[C@@H](NC(=O)[C@@H](N)Cc1ccc(O)cc1)C(C)C)C(=O)O. The molecular weight excluding hydrogens is 464 g/mol. The van der Waals surface area contributed by atoms with Crippen LogP contribution >= 0.6 is 0 Å². The Bertz CT molecular complexity index is 885. The number of benzene rings is 1.